The van der Waals surface area contributed by atoms with Crippen LogP contribution in [0.2, 0.25) is 0 Å². The zero-order valence-electron chi connectivity index (χ0n) is 17.4. The van der Waals surface area contributed by atoms with Crippen molar-refractivity contribution in [3.05, 3.63) is 0 Å². The molecular formula is C21H42N2. The molecular weight excluding hydrogens is 280 g/mol. The number of nitrogens with zero attached hydrogens (tertiary/aromatic N) is 2. The molecule has 0 aliphatic carbocycles. The summed E-state index contributed by atoms with van der Waals surface area (Å²) in [4.78, 5) is 5.25. The Bertz CT molecular complexity index is 391. The van der Waals surface area contributed by atoms with Gasteiger partial charge in [-0.1, -0.05) is 27.7 Å². The standard InChI is InChI=1S/C21H42N2/c1-16(2)22-12-17(13-22)20(6,7)10-11-21(8,9)18-14-23(15-18)19(3,4)5/h16-18H,10-15H2,1-9H3. The smallest absolute Gasteiger partial charge is 0.0125 e. The maximum Gasteiger partial charge on any atom is 0.0125 e. The molecule has 2 nitrogen and oxygen atoms in total. The first-order chi connectivity index (χ1) is 10.3. The Hall–Kier alpha value is -0.0800. The summed E-state index contributed by atoms with van der Waals surface area (Å²) < 4.78 is 0. The van der Waals surface area contributed by atoms with Crippen molar-refractivity contribution in [1.82, 2.24) is 9.80 Å². The molecule has 0 bridgehead atoms. The molecule has 23 heavy (non-hydrogen) atoms. The Morgan fingerprint density at radius 1 is 0.739 bits per heavy atom. The summed E-state index contributed by atoms with van der Waals surface area (Å²) in [6, 6.07) is 0.719. The van der Waals surface area contributed by atoms with Crippen molar-refractivity contribution in [2.45, 2.75) is 86.7 Å². The van der Waals surface area contributed by atoms with Gasteiger partial charge in [0.1, 0.15) is 0 Å². The molecule has 2 saturated heterocycles. The predicted octanol–water partition coefficient (Wildman–Crippen LogP) is 4.89. The molecule has 0 amide bonds. The van der Waals surface area contributed by atoms with E-state index in [2.05, 4.69) is 72.1 Å². The van der Waals surface area contributed by atoms with Crippen LogP contribution in [0.4, 0.5) is 0 Å². The van der Waals surface area contributed by atoms with Crippen molar-refractivity contribution < 1.29 is 0 Å². The molecule has 0 N–H and O–H groups in total. The van der Waals surface area contributed by atoms with E-state index in [1.54, 1.807) is 0 Å². The van der Waals surface area contributed by atoms with Gasteiger partial charge in [0.05, 0.1) is 0 Å². The van der Waals surface area contributed by atoms with E-state index in [9.17, 15) is 0 Å². The molecule has 0 aromatic carbocycles. The van der Waals surface area contributed by atoms with Crippen molar-refractivity contribution in [3.8, 4) is 0 Å². The summed E-state index contributed by atoms with van der Waals surface area (Å²) in [5.74, 6) is 1.78. The van der Waals surface area contributed by atoms with E-state index >= 15 is 0 Å². The highest BCUT2D eigenvalue weighted by atomic mass is 15.2. The van der Waals surface area contributed by atoms with Crippen LogP contribution < -0.4 is 0 Å². The zero-order chi connectivity index (χ0) is 17.6. The highest BCUT2D eigenvalue weighted by Crippen LogP contribution is 2.45. The van der Waals surface area contributed by atoms with Gasteiger partial charge in [-0.15, -0.1) is 0 Å². The van der Waals surface area contributed by atoms with Crippen molar-refractivity contribution in [3.63, 3.8) is 0 Å². The number of likely N-dealkylation sites (tertiary alicyclic amines) is 2. The fourth-order valence-electron chi connectivity index (χ4n) is 4.00. The molecule has 136 valence electrons. The lowest BCUT2D eigenvalue weighted by atomic mass is 9.64. The normalized spacial score (nSPS) is 23.2. The third-order valence-corrected chi connectivity index (χ3v) is 7.09. The molecule has 2 rings (SSSR count). The molecule has 0 spiro atoms. The molecule has 0 aromatic rings. The largest absolute Gasteiger partial charge is 0.300 e. The second kappa shape index (κ2) is 6.33. The monoisotopic (exact) mass is 322 g/mol. The van der Waals surface area contributed by atoms with Gasteiger partial charge < -0.3 is 4.90 Å². The SMILES string of the molecule is CC(C)N1CC(C(C)(C)CCC(C)(C)C2CN(C(C)(C)C)C2)C1. The Labute approximate surface area is 146 Å². The first-order valence-corrected chi connectivity index (χ1v) is 9.82. The topological polar surface area (TPSA) is 6.48 Å². The third kappa shape index (κ3) is 4.31. The highest BCUT2D eigenvalue weighted by molar-refractivity contribution is 4.97. The first-order valence-electron chi connectivity index (χ1n) is 9.82. The van der Waals surface area contributed by atoms with Gasteiger partial charge in [-0.3, -0.25) is 4.90 Å². The van der Waals surface area contributed by atoms with E-state index in [4.69, 9.17) is 0 Å². The van der Waals surface area contributed by atoms with Gasteiger partial charge in [-0.05, 0) is 70.1 Å². The molecule has 0 radical (unpaired) electrons. The predicted molar refractivity (Wildman–Crippen MR) is 102 cm³/mol. The van der Waals surface area contributed by atoms with Gasteiger partial charge in [0.2, 0.25) is 0 Å². The molecule has 2 aliphatic heterocycles. The fourth-order valence-corrected chi connectivity index (χ4v) is 4.00. The first kappa shape index (κ1) is 19.2. The molecule has 2 heteroatoms. The Morgan fingerprint density at radius 3 is 1.48 bits per heavy atom. The number of rotatable bonds is 6. The van der Waals surface area contributed by atoms with Crippen LogP contribution in [0.25, 0.3) is 0 Å². The minimum absolute atomic E-state index is 0.345. The van der Waals surface area contributed by atoms with Crippen LogP contribution in [-0.4, -0.2) is 47.6 Å². The summed E-state index contributed by atoms with van der Waals surface area (Å²) in [5.41, 5.74) is 1.33. The van der Waals surface area contributed by atoms with E-state index < -0.39 is 0 Å². The van der Waals surface area contributed by atoms with Crippen LogP contribution in [0.15, 0.2) is 0 Å². The Balaban J connectivity index is 1.78. The number of hydrogen-bond donors (Lipinski definition) is 0. The third-order valence-electron chi connectivity index (χ3n) is 7.09. The Morgan fingerprint density at radius 2 is 1.13 bits per heavy atom. The second-order valence-corrected chi connectivity index (χ2v) is 11.0. The van der Waals surface area contributed by atoms with Crippen molar-refractivity contribution in [2.75, 3.05) is 26.2 Å². The van der Waals surface area contributed by atoms with E-state index in [0.29, 0.717) is 16.4 Å². The molecule has 0 saturated carbocycles. The van der Waals surface area contributed by atoms with Crippen molar-refractivity contribution in [2.24, 2.45) is 22.7 Å². The zero-order valence-corrected chi connectivity index (χ0v) is 17.4. The van der Waals surface area contributed by atoms with Crippen LogP contribution in [0.3, 0.4) is 0 Å². The minimum atomic E-state index is 0.345. The minimum Gasteiger partial charge on any atom is -0.300 e. The number of hydrogen-bond acceptors (Lipinski definition) is 2. The maximum absolute atomic E-state index is 2.64. The Kier molecular flexibility index (Phi) is 5.30. The molecule has 2 heterocycles. The van der Waals surface area contributed by atoms with Gasteiger partial charge in [0, 0.05) is 37.8 Å². The average Bonchev–Trinajstić information content (AvgIpc) is 2.18. The molecule has 0 unspecified atom stereocenters. The summed E-state index contributed by atoms with van der Waals surface area (Å²) in [6.45, 7) is 26.9. The molecule has 2 fully saturated rings. The van der Waals surface area contributed by atoms with Crippen LogP contribution in [-0.2, 0) is 0 Å². The van der Waals surface area contributed by atoms with Crippen molar-refractivity contribution in [1.29, 1.82) is 0 Å². The van der Waals surface area contributed by atoms with Gasteiger partial charge in [0.15, 0.2) is 0 Å². The van der Waals surface area contributed by atoms with Crippen LogP contribution in [0.1, 0.15) is 75.2 Å². The molecule has 0 atom stereocenters. The highest BCUT2D eigenvalue weighted by Gasteiger charge is 2.44. The van der Waals surface area contributed by atoms with Gasteiger partial charge >= 0.3 is 0 Å². The molecule has 0 aromatic heterocycles. The van der Waals surface area contributed by atoms with Crippen LogP contribution in [0.5, 0.6) is 0 Å². The van der Waals surface area contributed by atoms with Gasteiger partial charge in [-0.2, -0.15) is 0 Å². The summed E-state index contributed by atoms with van der Waals surface area (Å²) in [5, 5.41) is 0. The van der Waals surface area contributed by atoms with Crippen LogP contribution in [0, 0.1) is 22.7 Å². The lowest BCUT2D eigenvalue weighted by molar-refractivity contribution is -0.0554. The van der Waals surface area contributed by atoms with E-state index in [1.807, 2.05) is 0 Å². The summed E-state index contributed by atoms with van der Waals surface area (Å²) >= 11 is 0. The summed E-state index contributed by atoms with van der Waals surface area (Å²) in [7, 11) is 0. The van der Waals surface area contributed by atoms with Gasteiger partial charge in [0.25, 0.3) is 0 Å². The van der Waals surface area contributed by atoms with Crippen LogP contribution >= 0.6 is 0 Å². The fraction of sp³-hybridized carbons (Fsp3) is 1.00. The second-order valence-electron chi connectivity index (χ2n) is 11.0. The van der Waals surface area contributed by atoms with E-state index in [-0.39, 0.29) is 0 Å². The quantitative estimate of drug-likeness (QED) is 0.687. The lowest BCUT2D eigenvalue weighted by Gasteiger charge is -2.54. The maximum atomic E-state index is 2.64. The summed E-state index contributed by atoms with van der Waals surface area (Å²) in [6.07, 6.45) is 2.75. The van der Waals surface area contributed by atoms with Crippen molar-refractivity contribution >= 4 is 0 Å². The van der Waals surface area contributed by atoms with E-state index in [1.165, 1.54) is 39.0 Å². The lowest BCUT2D eigenvalue weighted by Crippen LogP contribution is -2.60. The van der Waals surface area contributed by atoms with E-state index in [0.717, 1.165) is 17.9 Å². The van der Waals surface area contributed by atoms with Gasteiger partial charge in [-0.25, -0.2) is 0 Å². The molecule has 2 aliphatic rings. The average molecular weight is 323 g/mol.